The van der Waals surface area contributed by atoms with Gasteiger partial charge in [0.2, 0.25) is 0 Å². The highest BCUT2D eigenvalue weighted by Crippen LogP contribution is 2.25. The molecule has 1 unspecified atom stereocenters. The molecule has 0 saturated carbocycles. The van der Waals surface area contributed by atoms with Crippen molar-refractivity contribution in [3.05, 3.63) is 23.8 Å². The van der Waals surface area contributed by atoms with Crippen LogP contribution in [-0.2, 0) is 0 Å². The maximum atomic E-state index is 12.3. The highest BCUT2D eigenvalue weighted by Gasteiger charge is 2.21. The normalized spacial score (nSPS) is 18.5. The number of hydrogen-bond donors (Lipinski definition) is 3. The van der Waals surface area contributed by atoms with Gasteiger partial charge in [-0.1, -0.05) is 0 Å². The van der Waals surface area contributed by atoms with E-state index in [0.717, 1.165) is 19.4 Å². The number of carbonyl (C=O) groups is 1. The molecule has 0 bridgehead atoms. The molecule has 104 valence electrons. The van der Waals surface area contributed by atoms with E-state index in [-0.39, 0.29) is 17.4 Å². The Balaban J connectivity index is 2.08. The third kappa shape index (κ3) is 3.17. The number of amides is 1. The Morgan fingerprint density at radius 1 is 1.42 bits per heavy atom. The summed E-state index contributed by atoms with van der Waals surface area (Å²) in [4.78, 5) is 14.1. The van der Waals surface area contributed by atoms with Crippen molar-refractivity contribution >= 4 is 5.91 Å². The molecule has 3 N–H and O–H groups in total. The second kappa shape index (κ2) is 5.93. The molecule has 1 aromatic carbocycles. The van der Waals surface area contributed by atoms with Crippen LogP contribution in [-0.4, -0.2) is 46.7 Å². The first-order valence-corrected chi connectivity index (χ1v) is 6.66. The zero-order valence-corrected chi connectivity index (χ0v) is 11.1. The van der Waals surface area contributed by atoms with Crippen LogP contribution in [0.1, 0.15) is 30.1 Å². The molecule has 5 nitrogen and oxygen atoms in total. The van der Waals surface area contributed by atoms with Crippen molar-refractivity contribution in [2.45, 2.75) is 25.8 Å². The minimum atomic E-state index is -0.263. The second-order valence-corrected chi connectivity index (χ2v) is 4.84. The van der Waals surface area contributed by atoms with Crippen LogP contribution in [0.4, 0.5) is 0 Å². The number of nitrogens with zero attached hydrogens (tertiary/aromatic N) is 1. The van der Waals surface area contributed by atoms with Crippen molar-refractivity contribution in [3.8, 4) is 11.5 Å². The fourth-order valence-corrected chi connectivity index (χ4v) is 2.37. The van der Waals surface area contributed by atoms with Gasteiger partial charge in [-0.05, 0) is 44.5 Å². The predicted molar refractivity (Wildman–Crippen MR) is 72.4 cm³/mol. The SMILES string of the molecule is CCN(CC1CCCN1)C(=O)c1ccc(O)c(O)c1. The smallest absolute Gasteiger partial charge is 0.254 e. The topological polar surface area (TPSA) is 72.8 Å². The summed E-state index contributed by atoms with van der Waals surface area (Å²) in [6, 6.07) is 4.53. The largest absolute Gasteiger partial charge is 0.504 e. The van der Waals surface area contributed by atoms with Gasteiger partial charge in [0.05, 0.1) is 0 Å². The van der Waals surface area contributed by atoms with Crippen molar-refractivity contribution in [2.24, 2.45) is 0 Å². The van der Waals surface area contributed by atoms with E-state index in [4.69, 9.17) is 0 Å². The first kappa shape index (κ1) is 13.7. The van der Waals surface area contributed by atoms with Gasteiger partial charge in [0, 0.05) is 24.7 Å². The molecule has 0 aliphatic carbocycles. The van der Waals surface area contributed by atoms with E-state index in [2.05, 4.69) is 5.32 Å². The lowest BCUT2D eigenvalue weighted by molar-refractivity contribution is 0.0751. The third-order valence-corrected chi connectivity index (χ3v) is 3.49. The van der Waals surface area contributed by atoms with E-state index >= 15 is 0 Å². The van der Waals surface area contributed by atoms with Crippen molar-refractivity contribution in [1.82, 2.24) is 10.2 Å². The van der Waals surface area contributed by atoms with Crippen LogP contribution in [0.3, 0.4) is 0 Å². The van der Waals surface area contributed by atoms with Crippen LogP contribution in [0.2, 0.25) is 0 Å². The highest BCUT2D eigenvalue weighted by atomic mass is 16.3. The Kier molecular flexibility index (Phi) is 4.27. The van der Waals surface area contributed by atoms with Crippen molar-refractivity contribution in [2.75, 3.05) is 19.6 Å². The van der Waals surface area contributed by atoms with Crippen molar-refractivity contribution in [1.29, 1.82) is 0 Å². The summed E-state index contributed by atoms with van der Waals surface area (Å²) in [6.07, 6.45) is 2.24. The summed E-state index contributed by atoms with van der Waals surface area (Å²) >= 11 is 0. The molecule has 1 aliphatic rings. The lowest BCUT2D eigenvalue weighted by atomic mass is 10.1. The number of phenolic OH excluding ortho intramolecular Hbond substituents is 2. The number of nitrogens with one attached hydrogen (secondary N) is 1. The Morgan fingerprint density at radius 3 is 2.79 bits per heavy atom. The number of phenols is 2. The van der Waals surface area contributed by atoms with Gasteiger partial charge < -0.3 is 20.4 Å². The molecular formula is C14H20N2O3. The van der Waals surface area contributed by atoms with Crippen LogP contribution >= 0.6 is 0 Å². The van der Waals surface area contributed by atoms with Gasteiger partial charge in [-0.3, -0.25) is 4.79 Å². The average Bonchev–Trinajstić information content (AvgIpc) is 2.91. The minimum Gasteiger partial charge on any atom is -0.504 e. The monoisotopic (exact) mass is 264 g/mol. The standard InChI is InChI=1S/C14H20N2O3/c1-2-16(9-11-4-3-7-15-11)14(19)10-5-6-12(17)13(18)8-10/h5-6,8,11,15,17-18H,2-4,7,9H2,1H3. The number of likely N-dealkylation sites (N-methyl/N-ethyl adjacent to an activating group) is 1. The summed E-state index contributed by atoms with van der Waals surface area (Å²) in [6.45, 7) is 4.25. The number of aromatic hydroxyl groups is 2. The molecule has 0 spiro atoms. The summed E-state index contributed by atoms with van der Waals surface area (Å²) in [5, 5.41) is 22.1. The fourth-order valence-electron chi connectivity index (χ4n) is 2.37. The quantitative estimate of drug-likeness (QED) is 0.717. The molecule has 0 radical (unpaired) electrons. The van der Waals surface area contributed by atoms with Crippen LogP contribution in [0.5, 0.6) is 11.5 Å². The molecule has 5 heteroatoms. The van der Waals surface area contributed by atoms with Crippen LogP contribution < -0.4 is 5.32 Å². The zero-order chi connectivity index (χ0) is 13.8. The first-order chi connectivity index (χ1) is 9.11. The second-order valence-electron chi connectivity index (χ2n) is 4.84. The first-order valence-electron chi connectivity index (χ1n) is 6.66. The molecular weight excluding hydrogens is 244 g/mol. The fraction of sp³-hybridized carbons (Fsp3) is 0.500. The van der Waals surface area contributed by atoms with Gasteiger partial charge in [0.15, 0.2) is 11.5 Å². The van der Waals surface area contributed by atoms with E-state index in [1.165, 1.54) is 18.2 Å². The van der Waals surface area contributed by atoms with Crippen molar-refractivity contribution < 1.29 is 15.0 Å². The molecule has 1 amide bonds. The Labute approximate surface area is 112 Å². The highest BCUT2D eigenvalue weighted by molar-refractivity contribution is 5.94. The molecule has 1 saturated heterocycles. The molecule has 1 atom stereocenters. The molecule has 1 aliphatic heterocycles. The number of hydrogen-bond acceptors (Lipinski definition) is 4. The molecule has 1 aromatic rings. The third-order valence-electron chi connectivity index (χ3n) is 3.49. The zero-order valence-electron chi connectivity index (χ0n) is 11.1. The molecule has 0 aromatic heterocycles. The Bertz CT molecular complexity index is 456. The number of carbonyl (C=O) groups excluding carboxylic acids is 1. The summed E-state index contributed by atoms with van der Waals surface area (Å²) in [5.74, 6) is -0.593. The van der Waals surface area contributed by atoms with E-state index in [1.807, 2.05) is 6.92 Å². The average molecular weight is 264 g/mol. The van der Waals surface area contributed by atoms with Crippen molar-refractivity contribution in [3.63, 3.8) is 0 Å². The van der Waals surface area contributed by atoms with Gasteiger partial charge >= 0.3 is 0 Å². The maximum absolute atomic E-state index is 12.3. The molecule has 19 heavy (non-hydrogen) atoms. The Hall–Kier alpha value is -1.75. The predicted octanol–water partition coefficient (Wildman–Crippen LogP) is 1.31. The van der Waals surface area contributed by atoms with E-state index in [9.17, 15) is 15.0 Å². The van der Waals surface area contributed by atoms with E-state index in [0.29, 0.717) is 24.7 Å². The number of benzene rings is 1. The summed E-state index contributed by atoms with van der Waals surface area (Å²) in [7, 11) is 0. The van der Waals surface area contributed by atoms with Gasteiger partial charge in [0.25, 0.3) is 5.91 Å². The van der Waals surface area contributed by atoms with Crippen LogP contribution in [0.15, 0.2) is 18.2 Å². The van der Waals surface area contributed by atoms with Crippen LogP contribution in [0, 0.1) is 0 Å². The van der Waals surface area contributed by atoms with E-state index in [1.54, 1.807) is 4.90 Å². The Morgan fingerprint density at radius 2 is 2.21 bits per heavy atom. The lowest BCUT2D eigenvalue weighted by Crippen LogP contribution is -2.41. The minimum absolute atomic E-state index is 0.119. The summed E-state index contributed by atoms with van der Waals surface area (Å²) in [5.41, 5.74) is 0.398. The van der Waals surface area contributed by atoms with Gasteiger partial charge in [-0.25, -0.2) is 0 Å². The van der Waals surface area contributed by atoms with E-state index < -0.39 is 0 Å². The molecule has 2 rings (SSSR count). The maximum Gasteiger partial charge on any atom is 0.254 e. The van der Waals surface area contributed by atoms with Gasteiger partial charge in [0.1, 0.15) is 0 Å². The number of rotatable bonds is 4. The van der Waals surface area contributed by atoms with Gasteiger partial charge in [-0.2, -0.15) is 0 Å². The molecule has 1 fully saturated rings. The summed E-state index contributed by atoms with van der Waals surface area (Å²) < 4.78 is 0. The van der Waals surface area contributed by atoms with Crippen LogP contribution in [0.25, 0.3) is 0 Å². The molecule has 1 heterocycles. The van der Waals surface area contributed by atoms with Gasteiger partial charge in [-0.15, -0.1) is 0 Å². The lowest BCUT2D eigenvalue weighted by Gasteiger charge is -2.24.